The SMILES string of the molecule is CN1CCN(c2nc(-c3ccc([N+](=O)[O-])cc3)nnc2-c2ccc(Cl)cc2)CC1. The fraction of sp³-hybridized carbons (Fsp3) is 0.250. The molecule has 1 aliphatic rings. The molecule has 0 bridgehead atoms. The van der Waals surface area contributed by atoms with Crippen LogP contribution in [0, 0.1) is 10.1 Å². The Labute approximate surface area is 172 Å². The maximum Gasteiger partial charge on any atom is 0.269 e. The predicted octanol–water partition coefficient (Wildman–Crippen LogP) is 3.52. The van der Waals surface area contributed by atoms with Crippen LogP contribution in [-0.2, 0) is 0 Å². The summed E-state index contributed by atoms with van der Waals surface area (Å²) in [6, 6.07) is 13.6. The number of benzene rings is 2. The van der Waals surface area contributed by atoms with E-state index < -0.39 is 4.92 Å². The molecule has 4 rings (SSSR count). The Morgan fingerprint density at radius 1 is 0.931 bits per heavy atom. The van der Waals surface area contributed by atoms with E-state index in [1.807, 2.05) is 24.3 Å². The van der Waals surface area contributed by atoms with Crippen molar-refractivity contribution in [3.8, 4) is 22.6 Å². The number of likely N-dealkylation sites (N-methyl/N-ethyl adjacent to an activating group) is 1. The third-order valence-electron chi connectivity index (χ3n) is 4.93. The lowest BCUT2D eigenvalue weighted by Crippen LogP contribution is -2.45. The van der Waals surface area contributed by atoms with Gasteiger partial charge in [0.2, 0.25) is 0 Å². The standard InChI is InChI=1S/C20H19ClN6O2/c1-25-10-12-26(13-11-25)20-18(14-2-6-16(21)7-3-14)23-24-19(22-20)15-4-8-17(9-5-15)27(28)29/h2-9H,10-13H2,1H3. The number of hydrogen-bond donors (Lipinski definition) is 0. The first kappa shape index (κ1) is 19.2. The molecule has 0 spiro atoms. The highest BCUT2D eigenvalue weighted by Gasteiger charge is 2.22. The molecular formula is C20H19ClN6O2. The van der Waals surface area contributed by atoms with Crippen molar-refractivity contribution < 1.29 is 4.92 Å². The molecule has 3 aromatic rings. The van der Waals surface area contributed by atoms with E-state index in [0.29, 0.717) is 22.1 Å². The Balaban J connectivity index is 1.76. The van der Waals surface area contributed by atoms with Crippen LogP contribution in [0.5, 0.6) is 0 Å². The Kier molecular flexibility index (Phi) is 5.37. The van der Waals surface area contributed by atoms with Crippen molar-refractivity contribution in [2.75, 3.05) is 38.1 Å². The Bertz CT molecular complexity index is 1020. The number of anilines is 1. The highest BCUT2D eigenvalue weighted by Crippen LogP contribution is 2.30. The Morgan fingerprint density at radius 3 is 2.17 bits per heavy atom. The summed E-state index contributed by atoms with van der Waals surface area (Å²) in [6.07, 6.45) is 0. The fourth-order valence-corrected chi connectivity index (χ4v) is 3.33. The van der Waals surface area contributed by atoms with E-state index in [1.165, 1.54) is 12.1 Å². The number of aromatic nitrogens is 3. The average molecular weight is 411 g/mol. The van der Waals surface area contributed by atoms with Crippen LogP contribution in [0.4, 0.5) is 11.5 Å². The van der Waals surface area contributed by atoms with Crippen molar-refractivity contribution in [2.45, 2.75) is 0 Å². The first-order valence-electron chi connectivity index (χ1n) is 9.20. The summed E-state index contributed by atoms with van der Waals surface area (Å²) in [5.74, 6) is 1.19. The maximum atomic E-state index is 10.9. The second kappa shape index (κ2) is 8.10. The number of nitro benzene ring substituents is 1. The van der Waals surface area contributed by atoms with Crippen LogP contribution in [0.3, 0.4) is 0 Å². The highest BCUT2D eigenvalue weighted by atomic mass is 35.5. The second-order valence-electron chi connectivity index (χ2n) is 6.91. The minimum atomic E-state index is -0.428. The van der Waals surface area contributed by atoms with Crippen molar-refractivity contribution in [2.24, 2.45) is 0 Å². The van der Waals surface area contributed by atoms with Crippen LogP contribution >= 0.6 is 11.6 Å². The maximum absolute atomic E-state index is 10.9. The van der Waals surface area contributed by atoms with Crippen LogP contribution in [0.25, 0.3) is 22.6 Å². The zero-order valence-corrected chi connectivity index (χ0v) is 16.6. The van der Waals surface area contributed by atoms with Gasteiger partial charge in [0.05, 0.1) is 4.92 Å². The van der Waals surface area contributed by atoms with Crippen LogP contribution < -0.4 is 4.90 Å². The van der Waals surface area contributed by atoms with Crippen molar-refractivity contribution in [3.63, 3.8) is 0 Å². The molecule has 1 aromatic heterocycles. The molecule has 0 saturated carbocycles. The van der Waals surface area contributed by atoms with E-state index in [4.69, 9.17) is 16.6 Å². The molecule has 0 atom stereocenters. The van der Waals surface area contributed by atoms with Gasteiger partial charge in [0.15, 0.2) is 11.6 Å². The van der Waals surface area contributed by atoms with Gasteiger partial charge in [0.1, 0.15) is 5.69 Å². The predicted molar refractivity (Wildman–Crippen MR) is 112 cm³/mol. The molecule has 2 aromatic carbocycles. The number of piperazine rings is 1. The smallest absolute Gasteiger partial charge is 0.269 e. The molecule has 0 N–H and O–H groups in total. The Morgan fingerprint density at radius 2 is 1.55 bits per heavy atom. The normalized spacial score (nSPS) is 14.8. The van der Waals surface area contributed by atoms with E-state index in [9.17, 15) is 10.1 Å². The molecule has 9 heteroatoms. The molecule has 8 nitrogen and oxygen atoms in total. The highest BCUT2D eigenvalue weighted by molar-refractivity contribution is 6.30. The van der Waals surface area contributed by atoms with E-state index >= 15 is 0 Å². The molecule has 0 unspecified atom stereocenters. The molecule has 148 valence electrons. The van der Waals surface area contributed by atoms with Crippen molar-refractivity contribution in [3.05, 3.63) is 63.7 Å². The van der Waals surface area contributed by atoms with Crippen LogP contribution in [0.2, 0.25) is 5.02 Å². The molecule has 1 fully saturated rings. The largest absolute Gasteiger partial charge is 0.352 e. The lowest BCUT2D eigenvalue weighted by molar-refractivity contribution is -0.384. The summed E-state index contributed by atoms with van der Waals surface area (Å²) >= 11 is 6.03. The molecule has 0 radical (unpaired) electrons. The first-order chi connectivity index (χ1) is 14.0. The van der Waals surface area contributed by atoms with E-state index in [1.54, 1.807) is 12.1 Å². The van der Waals surface area contributed by atoms with E-state index in [-0.39, 0.29) is 5.69 Å². The van der Waals surface area contributed by atoms with Crippen molar-refractivity contribution in [1.29, 1.82) is 0 Å². The molecule has 0 aliphatic carbocycles. The molecule has 29 heavy (non-hydrogen) atoms. The van der Waals surface area contributed by atoms with Gasteiger partial charge in [-0.15, -0.1) is 10.2 Å². The minimum absolute atomic E-state index is 0.0267. The zero-order chi connectivity index (χ0) is 20.4. The van der Waals surface area contributed by atoms with Crippen LogP contribution in [0.1, 0.15) is 0 Å². The van der Waals surface area contributed by atoms with Gasteiger partial charge in [0, 0.05) is 54.5 Å². The molecule has 1 aliphatic heterocycles. The lowest BCUT2D eigenvalue weighted by atomic mass is 10.1. The van der Waals surface area contributed by atoms with Gasteiger partial charge in [0.25, 0.3) is 5.69 Å². The van der Waals surface area contributed by atoms with Gasteiger partial charge in [-0.2, -0.15) is 0 Å². The molecule has 2 heterocycles. The lowest BCUT2D eigenvalue weighted by Gasteiger charge is -2.34. The second-order valence-corrected chi connectivity index (χ2v) is 7.35. The molecular weight excluding hydrogens is 392 g/mol. The van der Waals surface area contributed by atoms with Gasteiger partial charge in [-0.3, -0.25) is 10.1 Å². The quantitative estimate of drug-likeness (QED) is 0.480. The van der Waals surface area contributed by atoms with Crippen molar-refractivity contribution >= 4 is 23.1 Å². The van der Waals surface area contributed by atoms with Gasteiger partial charge >= 0.3 is 0 Å². The summed E-state index contributed by atoms with van der Waals surface area (Å²) in [7, 11) is 2.10. The first-order valence-corrected chi connectivity index (χ1v) is 9.58. The average Bonchev–Trinajstić information content (AvgIpc) is 2.75. The summed E-state index contributed by atoms with van der Waals surface area (Å²) < 4.78 is 0. The number of nitrogens with zero attached hydrogens (tertiary/aromatic N) is 6. The van der Waals surface area contributed by atoms with E-state index in [2.05, 4.69) is 27.0 Å². The Hall–Kier alpha value is -3.10. The zero-order valence-electron chi connectivity index (χ0n) is 15.8. The number of non-ortho nitro benzene ring substituents is 1. The number of hydrogen-bond acceptors (Lipinski definition) is 7. The summed E-state index contributed by atoms with van der Waals surface area (Å²) in [4.78, 5) is 19.7. The van der Waals surface area contributed by atoms with Gasteiger partial charge < -0.3 is 9.80 Å². The van der Waals surface area contributed by atoms with E-state index in [0.717, 1.165) is 37.6 Å². The van der Waals surface area contributed by atoms with Crippen LogP contribution in [-0.4, -0.2) is 58.2 Å². The van der Waals surface area contributed by atoms with Gasteiger partial charge in [-0.1, -0.05) is 23.7 Å². The number of halogens is 1. The summed E-state index contributed by atoms with van der Waals surface area (Å²) in [6.45, 7) is 3.51. The summed E-state index contributed by atoms with van der Waals surface area (Å²) in [5.41, 5.74) is 2.29. The van der Waals surface area contributed by atoms with Crippen molar-refractivity contribution in [1.82, 2.24) is 20.1 Å². The third-order valence-corrected chi connectivity index (χ3v) is 5.18. The number of nitro groups is 1. The van der Waals surface area contributed by atoms with Gasteiger partial charge in [-0.25, -0.2) is 4.98 Å². The van der Waals surface area contributed by atoms with Gasteiger partial charge in [-0.05, 0) is 31.3 Å². The molecule has 1 saturated heterocycles. The topological polar surface area (TPSA) is 88.3 Å². The third kappa shape index (κ3) is 4.18. The van der Waals surface area contributed by atoms with Crippen LogP contribution in [0.15, 0.2) is 48.5 Å². The summed E-state index contributed by atoms with van der Waals surface area (Å²) in [5, 5.41) is 20.3. The molecule has 0 amide bonds. The minimum Gasteiger partial charge on any atom is -0.352 e. The fourth-order valence-electron chi connectivity index (χ4n) is 3.21. The monoisotopic (exact) mass is 410 g/mol. The number of rotatable bonds is 4.